The minimum atomic E-state index is -0.359. The average Bonchev–Trinajstić information content (AvgIpc) is 3.48. The van der Waals surface area contributed by atoms with Crippen LogP contribution in [0.1, 0.15) is 30.1 Å². The van der Waals surface area contributed by atoms with E-state index in [0.717, 1.165) is 21.1 Å². The summed E-state index contributed by atoms with van der Waals surface area (Å²) in [4.78, 5) is 30.7. The van der Waals surface area contributed by atoms with Crippen molar-refractivity contribution in [3.63, 3.8) is 0 Å². The Kier molecular flexibility index (Phi) is 5.98. The number of carbonyl (C=O) groups excluding carboxylic acids is 2. The predicted octanol–water partition coefficient (Wildman–Crippen LogP) is 5.61. The second-order valence-corrected chi connectivity index (χ2v) is 9.11. The highest BCUT2D eigenvalue weighted by Gasteiger charge is 2.15. The third kappa shape index (κ3) is 4.62. The van der Waals surface area contributed by atoms with Crippen LogP contribution >= 0.6 is 34.3 Å². The highest BCUT2D eigenvalue weighted by molar-refractivity contribution is 7.18. The minimum Gasteiger partial charge on any atom is -0.459 e. The van der Waals surface area contributed by atoms with Gasteiger partial charge in [-0.2, -0.15) is 0 Å². The predicted molar refractivity (Wildman–Crippen MR) is 119 cm³/mol. The van der Waals surface area contributed by atoms with E-state index in [4.69, 9.17) is 16.0 Å². The number of nitrogens with one attached hydrogen (secondary N) is 2. The van der Waals surface area contributed by atoms with Crippen LogP contribution < -0.4 is 10.6 Å². The molecule has 3 aromatic heterocycles. The van der Waals surface area contributed by atoms with Gasteiger partial charge in [0.1, 0.15) is 5.01 Å². The van der Waals surface area contributed by atoms with Crippen LogP contribution in [0.5, 0.6) is 0 Å². The molecule has 0 atom stereocenters. The molecular weight excluding hydrogens is 442 g/mol. The Morgan fingerprint density at radius 2 is 1.87 bits per heavy atom. The molecule has 2 N–H and O–H groups in total. The lowest BCUT2D eigenvalue weighted by Gasteiger charge is -2.01. The molecule has 0 unspecified atom stereocenters. The molecule has 3 heterocycles. The van der Waals surface area contributed by atoms with Crippen LogP contribution in [0, 0.1) is 6.92 Å². The first-order valence-electron chi connectivity index (χ1n) is 8.95. The number of thiophene rings is 1. The first-order valence-corrected chi connectivity index (χ1v) is 11.0. The maximum atomic E-state index is 12.5. The number of benzene rings is 1. The zero-order valence-corrected chi connectivity index (χ0v) is 18.2. The summed E-state index contributed by atoms with van der Waals surface area (Å²) in [6.45, 7) is 2.32. The van der Waals surface area contributed by atoms with Crippen molar-refractivity contribution in [1.29, 1.82) is 0 Å². The second-order valence-electron chi connectivity index (χ2n) is 6.30. The molecule has 0 aliphatic heterocycles. The Morgan fingerprint density at radius 3 is 2.60 bits per heavy atom. The lowest BCUT2D eigenvalue weighted by Crippen LogP contribution is -2.21. The smallest absolute Gasteiger partial charge is 0.291 e. The molecule has 0 saturated heterocycles. The standard InChI is InChI=1S/C21H16ClN3O3S2/c1-12-19(13-4-6-14(22)7-5-13)24-18(29-12)11-23-21(27)16-8-9-17(30-16)25-20(26)15-3-2-10-28-15/h2-10H,11H2,1H3,(H,23,27)(H,25,26). The second kappa shape index (κ2) is 8.83. The summed E-state index contributed by atoms with van der Waals surface area (Å²) in [5.41, 5.74) is 1.88. The fourth-order valence-corrected chi connectivity index (χ4v) is 4.59. The molecule has 0 aliphatic carbocycles. The number of thiazole rings is 1. The monoisotopic (exact) mass is 457 g/mol. The molecule has 152 valence electrons. The Bertz CT molecular complexity index is 1180. The third-order valence-electron chi connectivity index (χ3n) is 4.17. The lowest BCUT2D eigenvalue weighted by molar-refractivity contribution is 0.0953. The Hall–Kier alpha value is -2.94. The van der Waals surface area contributed by atoms with Gasteiger partial charge in [-0.05, 0) is 43.3 Å². The van der Waals surface area contributed by atoms with Gasteiger partial charge in [0, 0.05) is 15.5 Å². The van der Waals surface area contributed by atoms with E-state index in [1.807, 2.05) is 31.2 Å². The quantitative estimate of drug-likeness (QED) is 0.394. The average molecular weight is 458 g/mol. The molecule has 4 rings (SSSR count). The molecule has 6 nitrogen and oxygen atoms in total. The number of carbonyl (C=O) groups is 2. The Balaban J connectivity index is 1.37. The molecule has 0 radical (unpaired) electrons. The van der Waals surface area contributed by atoms with Crippen molar-refractivity contribution in [2.45, 2.75) is 13.5 Å². The van der Waals surface area contributed by atoms with Crippen LogP contribution in [0.25, 0.3) is 11.3 Å². The van der Waals surface area contributed by atoms with Crippen LogP contribution in [0.3, 0.4) is 0 Å². The molecule has 0 fully saturated rings. The molecular formula is C21H16ClN3O3S2. The van der Waals surface area contributed by atoms with Gasteiger partial charge >= 0.3 is 0 Å². The molecule has 30 heavy (non-hydrogen) atoms. The SMILES string of the molecule is Cc1sc(CNC(=O)c2ccc(NC(=O)c3ccco3)s2)nc1-c1ccc(Cl)cc1. The largest absolute Gasteiger partial charge is 0.459 e. The number of aryl methyl sites for hydroxylation is 1. The molecule has 4 aromatic rings. The normalized spacial score (nSPS) is 10.7. The van der Waals surface area contributed by atoms with Gasteiger partial charge in [0.05, 0.1) is 28.4 Å². The van der Waals surface area contributed by atoms with Crippen LogP contribution in [0.2, 0.25) is 5.02 Å². The van der Waals surface area contributed by atoms with Crippen LogP contribution in [-0.2, 0) is 6.54 Å². The number of aromatic nitrogens is 1. The Morgan fingerprint density at radius 1 is 1.07 bits per heavy atom. The van der Waals surface area contributed by atoms with Crippen molar-refractivity contribution >= 4 is 51.1 Å². The van der Waals surface area contributed by atoms with Crippen molar-refractivity contribution in [2.24, 2.45) is 0 Å². The van der Waals surface area contributed by atoms with E-state index in [-0.39, 0.29) is 17.6 Å². The number of hydrogen-bond acceptors (Lipinski definition) is 6. The summed E-state index contributed by atoms with van der Waals surface area (Å²) >= 11 is 8.68. The van der Waals surface area contributed by atoms with Crippen molar-refractivity contribution < 1.29 is 14.0 Å². The summed E-state index contributed by atoms with van der Waals surface area (Å²) in [7, 11) is 0. The van der Waals surface area contributed by atoms with Gasteiger partial charge in [-0.1, -0.05) is 23.7 Å². The fourth-order valence-electron chi connectivity index (χ4n) is 2.75. The Labute approximate surface area is 185 Å². The summed E-state index contributed by atoms with van der Waals surface area (Å²) in [6, 6.07) is 14.1. The maximum Gasteiger partial charge on any atom is 0.291 e. The molecule has 0 saturated carbocycles. The lowest BCUT2D eigenvalue weighted by atomic mass is 10.1. The first kappa shape index (κ1) is 20.3. The number of furan rings is 1. The van der Waals surface area contributed by atoms with E-state index in [0.29, 0.717) is 21.4 Å². The number of nitrogens with zero attached hydrogens (tertiary/aromatic N) is 1. The number of amides is 2. The highest BCUT2D eigenvalue weighted by atomic mass is 35.5. The maximum absolute atomic E-state index is 12.5. The van der Waals surface area contributed by atoms with Gasteiger partial charge in [-0.3, -0.25) is 9.59 Å². The summed E-state index contributed by atoms with van der Waals surface area (Å²) in [6.07, 6.45) is 1.43. The number of anilines is 1. The highest BCUT2D eigenvalue weighted by Crippen LogP contribution is 2.28. The number of rotatable bonds is 6. The molecule has 1 aromatic carbocycles. The molecule has 2 amide bonds. The van der Waals surface area contributed by atoms with Crippen LogP contribution in [0.15, 0.2) is 59.2 Å². The van der Waals surface area contributed by atoms with Crippen LogP contribution in [-0.4, -0.2) is 16.8 Å². The minimum absolute atomic E-state index is 0.213. The summed E-state index contributed by atoms with van der Waals surface area (Å²) < 4.78 is 5.06. The van der Waals surface area contributed by atoms with E-state index in [2.05, 4.69) is 15.6 Å². The molecule has 0 bridgehead atoms. The van der Waals surface area contributed by atoms with E-state index in [1.165, 1.54) is 28.9 Å². The van der Waals surface area contributed by atoms with Crippen LogP contribution in [0.4, 0.5) is 5.00 Å². The molecule has 0 aliphatic rings. The van der Waals surface area contributed by atoms with Gasteiger partial charge in [-0.25, -0.2) is 4.98 Å². The van der Waals surface area contributed by atoms with E-state index in [1.54, 1.807) is 24.3 Å². The van der Waals surface area contributed by atoms with Crippen molar-refractivity contribution in [3.8, 4) is 11.3 Å². The van der Waals surface area contributed by atoms with E-state index < -0.39 is 0 Å². The van der Waals surface area contributed by atoms with Gasteiger partial charge in [-0.15, -0.1) is 22.7 Å². The van der Waals surface area contributed by atoms with Crippen molar-refractivity contribution in [2.75, 3.05) is 5.32 Å². The fraction of sp³-hybridized carbons (Fsp3) is 0.0952. The molecule has 9 heteroatoms. The topological polar surface area (TPSA) is 84.2 Å². The first-order chi connectivity index (χ1) is 14.5. The molecule has 0 spiro atoms. The van der Waals surface area contributed by atoms with E-state index >= 15 is 0 Å². The number of halogens is 1. The zero-order valence-electron chi connectivity index (χ0n) is 15.8. The summed E-state index contributed by atoms with van der Waals surface area (Å²) in [5.74, 6) is -0.369. The van der Waals surface area contributed by atoms with Gasteiger partial charge in [0.15, 0.2) is 5.76 Å². The summed E-state index contributed by atoms with van der Waals surface area (Å²) in [5, 5.41) is 7.65. The third-order valence-corrected chi connectivity index (χ3v) is 6.39. The van der Waals surface area contributed by atoms with E-state index in [9.17, 15) is 9.59 Å². The van der Waals surface area contributed by atoms with Gasteiger partial charge in [0.2, 0.25) is 0 Å². The van der Waals surface area contributed by atoms with Crippen molar-refractivity contribution in [1.82, 2.24) is 10.3 Å². The van der Waals surface area contributed by atoms with Gasteiger partial charge < -0.3 is 15.1 Å². The van der Waals surface area contributed by atoms with Gasteiger partial charge in [0.25, 0.3) is 11.8 Å². The number of hydrogen-bond donors (Lipinski definition) is 2. The zero-order chi connectivity index (χ0) is 21.1. The van der Waals surface area contributed by atoms with Crippen molar-refractivity contribution in [3.05, 3.63) is 80.3 Å².